The summed E-state index contributed by atoms with van der Waals surface area (Å²) in [5.41, 5.74) is 2.78. The summed E-state index contributed by atoms with van der Waals surface area (Å²) < 4.78 is 0. The Morgan fingerprint density at radius 2 is 1.76 bits per heavy atom. The summed E-state index contributed by atoms with van der Waals surface area (Å²) in [6.07, 6.45) is 8.84. The molecule has 4 heteroatoms. The van der Waals surface area contributed by atoms with Gasteiger partial charge in [0.05, 0.1) is 0 Å². The van der Waals surface area contributed by atoms with Gasteiger partial charge in [0.1, 0.15) is 0 Å². The van der Waals surface area contributed by atoms with Crippen molar-refractivity contribution in [3.8, 4) is 0 Å². The Morgan fingerprint density at radius 1 is 1.14 bits per heavy atom. The molecule has 0 atom stereocenters. The molecule has 0 saturated carbocycles. The first-order chi connectivity index (χ1) is 8.51. The first-order valence-corrected chi connectivity index (χ1v) is 7.44. The average Bonchev–Trinajstić information content (AvgIpc) is 2.82. The summed E-state index contributed by atoms with van der Waals surface area (Å²) in [4.78, 5) is 1.40. The molecule has 2 rings (SSSR count). The first-order valence-electron chi connectivity index (χ1n) is 6.56. The molecular formula is C17H21Cl2STi. The van der Waals surface area contributed by atoms with Crippen LogP contribution in [0.3, 0.4) is 0 Å². The molecule has 0 spiro atoms. The van der Waals surface area contributed by atoms with Crippen LogP contribution in [-0.4, -0.2) is 5.25 Å². The number of rotatable bonds is 4. The van der Waals surface area contributed by atoms with Crippen molar-refractivity contribution in [1.82, 2.24) is 0 Å². The molecule has 0 heterocycles. The fourth-order valence-corrected chi connectivity index (χ4v) is 3.43. The zero-order chi connectivity index (χ0) is 13.2. The largest absolute Gasteiger partial charge is 3.00 e. The van der Waals surface area contributed by atoms with E-state index in [1.165, 1.54) is 16.0 Å². The second-order valence-corrected chi connectivity index (χ2v) is 7.10. The normalized spacial score (nSPS) is 13.1. The van der Waals surface area contributed by atoms with Crippen LogP contribution in [0.5, 0.6) is 0 Å². The third-order valence-corrected chi connectivity index (χ3v) is 4.37. The van der Waals surface area contributed by atoms with Crippen LogP contribution in [0, 0.1) is 6.08 Å². The minimum atomic E-state index is 0. The van der Waals surface area contributed by atoms with Crippen molar-refractivity contribution in [2.45, 2.75) is 49.7 Å². The molecule has 0 fully saturated rings. The van der Waals surface area contributed by atoms with E-state index >= 15 is 0 Å². The Labute approximate surface area is 160 Å². The summed E-state index contributed by atoms with van der Waals surface area (Å²) in [6.45, 7) is 9.08. The fourth-order valence-electron chi connectivity index (χ4n) is 2.32. The molecule has 1 aromatic rings. The quantitative estimate of drug-likeness (QED) is 0.375. The van der Waals surface area contributed by atoms with Gasteiger partial charge in [-0.1, -0.05) is 45.9 Å². The van der Waals surface area contributed by atoms with E-state index in [1.54, 1.807) is 0 Å². The van der Waals surface area contributed by atoms with E-state index in [2.05, 4.69) is 70.2 Å². The molecule has 0 nitrogen and oxygen atoms in total. The molecule has 0 unspecified atom stereocenters. The third kappa shape index (κ3) is 5.80. The van der Waals surface area contributed by atoms with Gasteiger partial charge in [-0.05, 0) is 17.0 Å². The molecule has 113 valence electrons. The van der Waals surface area contributed by atoms with E-state index in [-0.39, 0.29) is 51.9 Å². The number of halogens is 2. The molecule has 0 bridgehead atoms. The number of hydrogen-bond donors (Lipinski definition) is 0. The van der Waals surface area contributed by atoms with Crippen molar-refractivity contribution in [2.24, 2.45) is 0 Å². The van der Waals surface area contributed by atoms with Gasteiger partial charge in [0.2, 0.25) is 0 Å². The van der Waals surface area contributed by atoms with Gasteiger partial charge in [0, 0.05) is 10.1 Å². The summed E-state index contributed by atoms with van der Waals surface area (Å²) in [5.74, 6) is 0. The first kappa shape index (κ1) is 23.6. The monoisotopic (exact) mass is 375 g/mol. The van der Waals surface area contributed by atoms with E-state index in [1.807, 2.05) is 11.8 Å². The number of hydrogen-bond acceptors (Lipinski definition) is 1. The van der Waals surface area contributed by atoms with Crippen LogP contribution in [0.1, 0.15) is 39.7 Å². The van der Waals surface area contributed by atoms with Gasteiger partial charge in [0.15, 0.2) is 0 Å². The van der Waals surface area contributed by atoms with Crippen LogP contribution in [0.2, 0.25) is 0 Å². The zero-order valence-corrected chi connectivity index (χ0v) is 16.8. The van der Waals surface area contributed by atoms with Gasteiger partial charge < -0.3 is 24.8 Å². The van der Waals surface area contributed by atoms with Crippen molar-refractivity contribution in [2.75, 3.05) is 0 Å². The van der Waals surface area contributed by atoms with E-state index < -0.39 is 0 Å². The standard InChI is InChI=1S/C17H21S.2ClH.Ti/c1-13(2)18-16-12-8-7-11-15(16)17(3,4)14-9-5-6-10-14;;;/h5,7-9,11-13H,6H2,1-4H3;2*1H;/q-1;;;+3/p-2. The van der Waals surface area contributed by atoms with Crippen LogP contribution in [-0.2, 0) is 27.1 Å². The molecule has 0 saturated heterocycles. The average molecular weight is 376 g/mol. The van der Waals surface area contributed by atoms with Gasteiger partial charge in [-0.25, -0.2) is 11.6 Å². The van der Waals surface area contributed by atoms with Crippen LogP contribution >= 0.6 is 11.8 Å². The van der Waals surface area contributed by atoms with Crippen molar-refractivity contribution in [3.63, 3.8) is 0 Å². The number of thioether (sulfide) groups is 1. The maximum Gasteiger partial charge on any atom is 3.00 e. The third-order valence-electron chi connectivity index (χ3n) is 3.29. The predicted molar refractivity (Wildman–Crippen MR) is 81.0 cm³/mol. The van der Waals surface area contributed by atoms with E-state index in [4.69, 9.17) is 0 Å². The zero-order valence-electron chi connectivity index (χ0n) is 12.9. The summed E-state index contributed by atoms with van der Waals surface area (Å²) in [6, 6.07) is 8.76. The molecule has 0 aliphatic heterocycles. The van der Waals surface area contributed by atoms with Gasteiger partial charge in [-0.3, -0.25) is 6.08 Å². The fraction of sp³-hybridized carbons (Fsp3) is 0.412. The van der Waals surface area contributed by atoms with Crippen molar-refractivity contribution >= 4 is 11.8 Å². The molecule has 0 N–H and O–H groups in total. The minimum Gasteiger partial charge on any atom is -1.00 e. The summed E-state index contributed by atoms with van der Waals surface area (Å²) in [7, 11) is 0. The molecular weight excluding hydrogens is 355 g/mol. The minimum absolute atomic E-state index is 0. The Balaban J connectivity index is 0. The Hall–Kier alpha value is 0.344. The Morgan fingerprint density at radius 3 is 2.29 bits per heavy atom. The van der Waals surface area contributed by atoms with Crippen LogP contribution in [0.25, 0.3) is 0 Å². The van der Waals surface area contributed by atoms with Gasteiger partial charge in [-0.2, -0.15) is 6.08 Å². The maximum atomic E-state index is 3.47. The molecule has 0 aromatic heterocycles. The van der Waals surface area contributed by atoms with Gasteiger partial charge in [-0.15, -0.1) is 18.2 Å². The number of allylic oxidation sites excluding steroid dienone is 4. The maximum absolute atomic E-state index is 3.47. The van der Waals surface area contributed by atoms with Crippen molar-refractivity contribution in [1.29, 1.82) is 0 Å². The molecule has 1 aliphatic carbocycles. The Bertz CT molecular complexity index is 493. The van der Waals surface area contributed by atoms with Crippen LogP contribution < -0.4 is 24.8 Å². The predicted octanol–water partition coefficient (Wildman–Crippen LogP) is -0.840. The second kappa shape index (κ2) is 10.2. The molecule has 1 aromatic carbocycles. The van der Waals surface area contributed by atoms with Crippen LogP contribution in [0.15, 0.2) is 46.9 Å². The smallest absolute Gasteiger partial charge is 1.00 e. The van der Waals surface area contributed by atoms with E-state index in [0.29, 0.717) is 5.25 Å². The molecule has 1 radical (unpaired) electrons. The van der Waals surface area contributed by atoms with Crippen molar-refractivity contribution in [3.05, 3.63) is 53.6 Å². The molecule has 21 heavy (non-hydrogen) atoms. The molecule has 1 aliphatic rings. The van der Waals surface area contributed by atoms with Gasteiger partial charge >= 0.3 is 21.7 Å². The van der Waals surface area contributed by atoms with Crippen LogP contribution in [0.4, 0.5) is 0 Å². The second-order valence-electron chi connectivity index (χ2n) is 5.48. The molecule has 0 amide bonds. The van der Waals surface area contributed by atoms with Crippen molar-refractivity contribution < 1.29 is 46.5 Å². The van der Waals surface area contributed by atoms with Gasteiger partial charge in [0.25, 0.3) is 0 Å². The summed E-state index contributed by atoms with van der Waals surface area (Å²) >= 11 is 1.95. The topological polar surface area (TPSA) is 0 Å². The van der Waals surface area contributed by atoms with E-state index in [9.17, 15) is 0 Å². The number of benzene rings is 1. The summed E-state index contributed by atoms with van der Waals surface area (Å²) in [5, 5.41) is 0.610. The van der Waals surface area contributed by atoms with E-state index in [0.717, 1.165) is 6.42 Å². The Kier molecular flexibility index (Phi) is 11.4. The SMILES string of the molecule is CC(C)Sc1ccccc1C(C)(C)C1=[C-]CC=C1.[Cl-].[Cl-].[Ti+3].